The second kappa shape index (κ2) is 8.57. The van der Waals surface area contributed by atoms with Gasteiger partial charge in [-0.3, -0.25) is 5.32 Å². The van der Waals surface area contributed by atoms with E-state index in [0.29, 0.717) is 18.1 Å². The van der Waals surface area contributed by atoms with Crippen LogP contribution in [0.5, 0.6) is 0 Å². The smallest absolute Gasteiger partial charge is 0.321 e. The first-order chi connectivity index (χ1) is 12.6. The summed E-state index contributed by atoms with van der Waals surface area (Å²) in [5, 5.41) is 15.3. The van der Waals surface area contributed by atoms with E-state index in [1.54, 1.807) is 12.5 Å². The van der Waals surface area contributed by atoms with E-state index in [4.69, 9.17) is 0 Å². The first kappa shape index (κ1) is 18.1. The molecule has 0 fully saturated rings. The predicted octanol–water partition coefficient (Wildman–Crippen LogP) is 3.23. The Balaban J connectivity index is 1.52. The lowest BCUT2D eigenvalue weighted by Crippen LogP contribution is -2.40. The zero-order chi connectivity index (χ0) is 18.4. The highest BCUT2D eigenvalue weighted by Crippen LogP contribution is 2.18. The maximum Gasteiger partial charge on any atom is 0.321 e. The van der Waals surface area contributed by atoms with Crippen molar-refractivity contribution in [3.05, 3.63) is 59.1 Å². The van der Waals surface area contributed by atoms with Gasteiger partial charge >= 0.3 is 6.03 Å². The van der Waals surface area contributed by atoms with Crippen molar-refractivity contribution < 1.29 is 4.79 Å². The van der Waals surface area contributed by atoms with Crippen molar-refractivity contribution in [2.24, 2.45) is 0 Å². The number of carbonyl (C=O) groups excluding carboxylic acids is 1. The van der Waals surface area contributed by atoms with Crippen molar-refractivity contribution in [2.45, 2.75) is 39.3 Å². The standard InChI is InChI=1S/C18H22N6OS/c1-3-15(11-24-9-8-19-12-24)20-17(25)21-18-23-22-16(26-18)10-14-6-4-13(2)5-7-14/h4-9,12,15H,3,10-11H2,1-2H3,(H2,20,21,23,25)/t15-/m0/s1. The number of carbonyl (C=O) groups is 1. The van der Waals surface area contributed by atoms with Crippen molar-refractivity contribution in [2.75, 3.05) is 5.32 Å². The molecule has 0 bridgehead atoms. The number of urea groups is 1. The van der Waals surface area contributed by atoms with Crippen LogP contribution in [0, 0.1) is 6.92 Å². The SMILES string of the molecule is CC[C@@H](Cn1ccnc1)NC(=O)Nc1nnc(Cc2ccc(C)cc2)s1. The lowest BCUT2D eigenvalue weighted by Gasteiger charge is -2.17. The fourth-order valence-electron chi connectivity index (χ4n) is 2.50. The first-order valence-corrected chi connectivity index (χ1v) is 9.35. The van der Waals surface area contributed by atoms with Gasteiger partial charge in [0.2, 0.25) is 5.13 Å². The minimum Gasteiger partial charge on any atom is -0.335 e. The molecule has 136 valence electrons. The van der Waals surface area contributed by atoms with E-state index in [1.165, 1.54) is 22.5 Å². The van der Waals surface area contributed by atoms with Gasteiger partial charge in [0.1, 0.15) is 5.01 Å². The third kappa shape index (κ3) is 5.13. The molecule has 3 aromatic rings. The molecule has 0 unspecified atom stereocenters. The molecule has 2 amide bonds. The van der Waals surface area contributed by atoms with Crippen LogP contribution in [0.2, 0.25) is 0 Å². The first-order valence-electron chi connectivity index (χ1n) is 8.53. The maximum atomic E-state index is 12.2. The third-order valence-corrected chi connectivity index (χ3v) is 4.82. The molecule has 2 N–H and O–H groups in total. The van der Waals surface area contributed by atoms with Crippen LogP contribution in [0.3, 0.4) is 0 Å². The summed E-state index contributed by atoms with van der Waals surface area (Å²) in [5.41, 5.74) is 2.40. The number of aryl methyl sites for hydroxylation is 1. The largest absolute Gasteiger partial charge is 0.335 e. The van der Waals surface area contributed by atoms with Gasteiger partial charge in [-0.2, -0.15) is 0 Å². The molecule has 0 aliphatic heterocycles. The van der Waals surface area contributed by atoms with E-state index < -0.39 is 0 Å². The Morgan fingerprint density at radius 1 is 1.27 bits per heavy atom. The Morgan fingerprint density at radius 3 is 2.77 bits per heavy atom. The quantitative estimate of drug-likeness (QED) is 0.669. The summed E-state index contributed by atoms with van der Waals surface area (Å²) in [5.74, 6) is 0. The highest BCUT2D eigenvalue weighted by molar-refractivity contribution is 7.15. The molecule has 2 heterocycles. The summed E-state index contributed by atoms with van der Waals surface area (Å²) >= 11 is 1.39. The van der Waals surface area contributed by atoms with Gasteiger partial charge in [0, 0.05) is 31.4 Å². The molecule has 0 aliphatic rings. The van der Waals surface area contributed by atoms with Gasteiger partial charge in [-0.15, -0.1) is 10.2 Å². The third-order valence-electron chi connectivity index (χ3n) is 3.98. The number of anilines is 1. The monoisotopic (exact) mass is 370 g/mol. The summed E-state index contributed by atoms with van der Waals surface area (Å²) in [4.78, 5) is 16.2. The molecule has 1 aromatic carbocycles. The van der Waals surface area contributed by atoms with Gasteiger partial charge in [0.15, 0.2) is 0 Å². The van der Waals surface area contributed by atoms with Crippen LogP contribution in [0.25, 0.3) is 0 Å². The molecule has 2 aromatic heterocycles. The van der Waals surface area contributed by atoms with E-state index >= 15 is 0 Å². The molecule has 0 saturated heterocycles. The van der Waals surface area contributed by atoms with Crippen LogP contribution in [-0.2, 0) is 13.0 Å². The van der Waals surface area contributed by atoms with Crippen molar-refractivity contribution in [1.29, 1.82) is 0 Å². The summed E-state index contributed by atoms with van der Waals surface area (Å²) in [6.07, 6.45) is 6.87. The van der Waals surface area contributed by atoms with Crippen LogP contribution in [0.1, 0.15) is 29.5 Å². The maximum absolute atomic E-state index is 12.2. The second-order valence-corrected chi connectivity index (χ2v) is 7.19. The predicted molar refractivity (Wildman–Crippen MR) is 102 cm³/mol. The zero-order valence-electron chi connectivity index (χ0n) is 14.8. The Kier molecular flexibility index (Phi) is 5.96. The van der Waals surface area contributed by atoms with E-state index in [-0.39, 0.29) is 12.1 Å². The lowest BCUT2D eigenvalue weighted by atomic mass is 10.1. The van der Waals surface area contributed by atoms with Crippen LogP contribution in [-0.4, -0.2) is 31.8 Å². The average Bonchev–Trinajstić information content (AvgIpc) is 3.28. The number of hydrogen-bond acceptors (Lipinski definition) is 5. The Hall–Kier alpha value is -2.74. The second-order valence-electron chi connectivity index (χ2n) is 6.13. The van der Waals surface area contributed by atoms with Crippen LogP contribution in [0.4, 0.5) is 9.93 Å². The molecule has 26 heavy (non-hydrogen) atoms. The molecule has 8 heteroatoms. The normalized spacial score (nSPS) is 11.9. The van der Waals surface area contributed by atoms with Crippen LogP contribution < -0.4 is 10.6 Å². The van der Waals surface area contributed by atoms with Crippen molar-refractivity contribution in [3.63, 3.8) is 0 Å². The van der Waals surface area contributed by atoms with Crippen LogP contribution >= 0.6 is 11.3 Å². The fourth-order valence-corrected chi connectivity index (χ4v) is 3.27. The van der Waals surface area contributed by atoms with Crippen molar-refractivity contribution >= 4 is 22.5 Å². The summed E-state index contributed by atoms with van der Waals surface area (Å²) in [6.45, 7) is 4.77. The fraction of sp³-hybridized carbons (Fsp3) is 0.333. The van der Waals surface area contributed by atoms with Crippen molar-refractivity contribution in [3.8, 4) is 0 Å². The van der Waals surface area contributed by atoms with Gasteiger partial charge < -0.3 is 9.88 Å². The topological polar surface area (TPSA) is 84.7 Å². The van der Waals surface area contributed by atoms with E-state index in [2.05, 4.69) is 57.0 Å². The number of nitrogens with one attached hydrogen (secondary N) is 2. The lowest BCUT2D eigenvalue weighted by molar-refractivity contribution is 0.246. The minimum atomic E-state index is -0.269. The van der Waals surface area contributed by atoms with Gasteiger partial charge in [-0.25, -0.2) is 9.78 Å². The number of hydrogen-bond donors (Lipinski definition) is 2. The van der Waals surface area contributed by atoms with Gasteiger partial charge in [0.25, 0.3) is 0 Å². The molecule has 0 radical (unpaired) electrons. The van der Waals surface area contributed by atoms with Gasteiger partial charge in [-0.05, 0) is 18.9 Å². The van der Waals surface area contributed by atoms with Gasteiger partial charge in [-0.1, -0.05) is 48.1 Å². The van der Waals surface area contributed by atoms with Crippen LogP contribution in [0.15, 0.2) is 43.0 Å². The molecule has 7 nitrogen and oxygen atoms in total. The molecule has 0 saturated carbocycles. The Morgan fingerprint density at radius 2 is 2.08 bits per heavy atom. The number of imidazole rings is 1. The molecule has 0 spiro atoms. The number of amides is 2. The summed E-state index contributed by atoms with van der Waals surface area (Å²) in [7, 11) is 0. The number of nitrogens with zero attached hydrogens (tertiary/aromatic N) is 4. The minimum absolute atomic E-state index is 0.0177. The van der Waals surface area contributed by atoms with Crippen molar-refractivity contribution in [1.82, 2.24) is 25.1 Å². The molecule has 0 aliphatic carbocycles. The zero-order valence-corrected chi connectivity index (χ0v) is 15.7. The van der Waals surface area contributed by atoms with Gasteiger partial charge in [0.05, 0.1) is 6.33 Å². The highest BCUT2D eigenvalue weighted by Gasteiger charge is 2.13. The summed E-state index contributed by atoms with van der Waals surface area (Å²) in [6, 6.07) is 8.07. The Bertz CT molecular complexity index is 828. The Labute approximate surface area is 156 Å². The molecule has 1 atom stereocenters. The molecule has 3 rings (SSSR count). The average molecular weight is 370 g/mol. The summed E-state index contributed by atoms with van der Waals surface area (Å²) < 4.78 is 1.94. The number of rotatable bonds is 7. The molecular formula is C18H22N6OS. The molecular weight excluding hydrogens is 348 g/mol. The van der Waals surface area contributed by atoms with E-state index in [9.17, 15) is 4.79 Å². The van der Waals surface area contributed by atoms with E-state index in [0.717, 1.165) is 11.4 Å². The number of benzene rings is 1. The highest BCUT2D eigenvalue weighted by atomic mass is 32.1. The van der Waals surface area contributed by atoms with E-state index in [1.807, 2.05) is 17.7 Å². The number of aromatic nitrogens is 4.